The highest BCUT2D eigenvalue weighted by molar-refractivity contribution is 5.84. The van der Waals surface area contributed by atoms with Crippen molar-refractivity contribution in [1.29, 1.82) is 0 Å². The Labute approximate surface area is 214 Å². The van der Waals surface area contributed by atoms with E-state index in [9.17, 15) is 9.90 Å². The summed E-state index contributed by atoms with van der Waals surface area (Å²) in [5, 5.41) is 13.7. The van der Waals surface area contributed by atoms with Gasteiger partial charge in [0.2, 0.25) is 5.91 Å². The van der Waals surface area contributed by atoms with Gasteiger partial charge in [0.25, 0.3) is 0 Å². The van der Waals surface area contributed by atoms with Gasteiger partial charge >= 0.3 is 0 Å². The number of hydrogen-bond acceptors (Lipinski definition) is 2. The standard InChI is InChI=1S/C31H50N2O2/c1-23(2)9-6-10-24(3)11-7-12-25(4)13-8-14-26(5)15-18-31(35)32-20-19-27-22-33-30-17-16-28(34)21-29(27)30/h15-17,21-25,33-34H,6-14,18-20H2,1-5H3,(H,32,35)/b26-15+. The Bertz CT molecular complexity index is 912. The molecule has 35 heavy (non-hydrogen) atoms. The summed E-state index contributed by atoms with van der Waals surface area (Å²) in [4.78, 5) is 15.5. The molecule has 196 valence electrons. The van der Waals surface area contributed by atoms with Crippen molar-refractivity contribution in [3.8, 4) is 5.75 Å². The number of phenols is 1. The minimum absolute atomic E-state index is 0.0721. The lowest BCUT2D eigenvalue weighted by molar-refractivity contribution is -0.120. The van der Waals surface area contributed by atoms with Crippen molar-refractivity contribution >= 4 is 16.8 Å². The first-order valence-corrected chi connectivity index (χ1v) is 14.0. The van der Waals surface area contributed by atoms with Crippen LogP contribution in [0.15, 0.2) is 36.0 Å². The zero-order valence-electron chi connectivity index (χ0n) is 23.0. The molecule has 0 fully saturated rings. The average Bonchev–Trinajstić information content (AvgIpc) is 3.19. The highest BCUT2D eigenvalue weighted by Gasteiger charge is 2.08. The smallest absolute Gasteiger partial charge is 0.223 e. The molecule has 1 amide bonds. The Morgan fingerprint density at radius 1 is 1.00 bits per heavy atom. The molecule has 0 saturated carbocycles. The second-order valence-corrected chi connectivity index (χ2v) is 11.3. The Balaban J connectivity index is 1.54. The third-order valence-electron chi connectivity index (χ3n) is 7.24. The van der Waals surface area contributed by atoms with Crippen molar-refractivity contribution in [2.45, 2.75) is 105 Å². The Kier molecular flexibility index (Phi) is 13.0. The number of H-pyrrole nitrogens is 1. The van der Waals surface area contributed by atoms with Crippen molar-refractivity contribution in [3.05, 3.63) is 41.6 Å². The molecule has 0 aliphatic heterocycles. The summed E-state index contributed by atoms with van der Waals surface area (Å²) in [6.45, 7) is 12.2. The van der Waals surface area contributed by atoms with Crippen LogP contribution in [0.25, 0.3) is 10.9 Å². The normalized spacial score (nSPS) is 13.9. The van der Waals surface area contributed by atoms with Gasteiger partial charge in [-0.1, -0.05) is 84.3 Å². The van der Waals surface area contributed by atoms with Gasteiger partial charge in [-0.2, -0.15) is 0 Å². The monoisotopic (exact) mass is 482 g/mol. The van der Waals surface area contributed by atoms with Crippen molar-refractivity contribution in [2.24, 2.45) is 17.8 Å². The molecule has 0 bridgehead atoms. The molecular formula is C31H50N2O2. The molecule has 0 saturated heterocycles. The number of aromatic hydroxyl groups is 1. The number of nitrogens with one attached hydrogen (secondary N) is 2. The fourth-order valence-electron chi connectivity index (χ4n) is 4.86. The zero-order chi connectivity index (χ0) is 25.6. The number of rotatable bonds is 17. The van der Waals surface area contributed by atoms with Crippen LogP contribution < -0.4 is 5.32 Å². The largest absolute Gasteiger partial charge is 0.508 e. The van der Waals surface area contributed by atoms with Crippen molar-refractivity contribution in [1.82, 2.24) is 10.3 Å². The number of fused-ring (bicyclic) bond motifs is 1. The van der Waals surface area contributed by atoms with Crippen LogP contribution in [0.5, 0.6) is 5.75 Å². The van der Waals surface area contributed by atoms with Gasteiger partial charge in [0.15, 0.2) is 0 Å². The number of hydrogen-bond donors (Lipinski definition) is 3. The molecule has 1 aromatic carbocycles. The fraction of sp³-hybridized carbons (Fsp3) is 0.645. The summed E-state index contributed by atoms with van der Waals surface area (Å²) in [5.41, 5.74) is 3.43. The summed E-state index contributed by atoms with van der Waals surface area (Å²) < 4.78 is 0. The fourth-order valence-corrected chi connectivity index (χ4v) is 4.86. The van der Waals surface area contributed by atoms with Crippen LogP contribution in [0.1, 0.15) is 104 Å². The lowest BCUT2D eigenvalue weighted by Gasteiger charge is -2.15. The van der Waals surface area contributed by atoms with Gasteiger partial charge in [-0.3, -0.25) is 4.79 Å². The average molecular weight is 483 g/mol. The Hall–Kier alpha value is -2.23. The first kappa shape index (κ1) is 29.0. The first-order chi connectivity index (χ1) is 16.7. The van der Waals surface area contributed by atoms with E-state index in [2.05, 4.69) is 51.0 Å². The van der Waals surface area contributed by atoms with Crippen LogP contribution in [-0.4, -0.2) is 22.5 Å². The van der Waals surface area contributed by atoms with E-state index in [0.29, 0.717) is 13.0 Å². The molecule has 4 heteroatoms. The predicted molar refractivity (Wildman–Crippen MR) is 150 cm³/mol. The minimum atomic E-state index is 0.0721. The number of carbonyl (C=O) groups is 1. The SMILES string of the molecule is C/C(=C\CC(=O)NCCc1c[nH]c2ccc(O)cc12)CCCC(C)CCCC(C)CCCC(C)C. The molecule has 4 nitrogen and oxygen atoms in total. The lowest BCUT2D eigenvalue weighted by atomic mass is 9.91. The van der Waals surface area contributed by atoms with E-state index in [1.165, 1.54) is 56.9 Å². The molecule has 2 rings (SSSR count). The van der Waals surface area contributed by atoms with E-state index in [1.54, 1.807) is 12.1 Å². The molecule has 1 aromatic heterocycles. The molecule has 0 aliphatic rings. The molecule has 0 radical (unpaired) electrons. The van der Waals surface area contributed by atoms with Crippen LogP contribution in [0.3, 0.4) is 0 Å². The number of benzene rings is 1. The summed E-state index contributed by atoms with van der Waals surface area (Å²) in [6.07, 6.45) is 17.0. The van der Waals surface area contributed by atoms with Gasteiger partial charge in [0, 0.05) is 30.1 Å². The lowest BCUT2D eigenvalue weighted by Crippen LogP contribution is -2.24. The Morgan fingerprint density at radius 3 is 2.34 bits per heavy atom. The summed E-state index contributed by atoms with van der Waals surface area (Å²) in [5.74, 6) is 2.83. The Morgan fingerprint density at radius 2 is 1.66 bits per heavy atom. The van der Waals surface area contributed by atoms with Gasteiger partial charge < -0.3 is 15.4 Å². The molecule has 3 N–H and O–H groups in total. The maximum Gasteiger partial charge on any atom is 0.223 e. The van der Waals surface area contributed by atoms with E-state index >= 15 is 0 Å². The van der Waals surface area contributed by atoms with Gasteiger partial charge in [-0.15, -0.1) is 0 Å². The van der Waals surface area contributed by atoms with E-state index in [1.807, 2.05) is 12.3 Å². The highest BCUT2D eigenvalue weighted by atomic mass is 16.3. The van der Waals surface area contributed by atoms with Gasteiger partial charge in [-0.25, -0.2) is 0 Å². The zero-order valence-corrected chi connectivity index (χ0v) is 23.0. The number of aromatic amines is 1. The van der Waals surface area contributed by atoms with E-state index in [4.69, 9.17) is 0 Å². The predicted octanol–water partition coefficient (Wildman–Crippen LogP) is 8.31. The number of carbonyl (C=O) groups excluding carboxylic acids is 1. The minimum Gasteiger partial charge on any atom is -0.508 e. The van der Waals surface area contributed by atoms with Crippen molar-refractivity contribution < 1.29 is 9.90 Å². The molecule has 0 spiro atoms. The maximum atomic E-state index is 12.2. The van der Waals surface area contributed by atoms with Crippen molar-refractivity contribution in [2.75, 3.05) is 6.54 Å². The highest BCUT2D eigenvalue weighted by Crippen LogP contribution is 2.24. The number of phenolic OH excluding ortho intramolecular Hbond substituents is 1. The van der Waals surface area contributed by atoms with Gasteiger partial charge in [0.05, 0.1) is 0 Å². The summed E-state index contributed by atoms with van der Waals surface area (Å²) >= 11 is 0. The van der Waals surface area contributed by atoms with Gasteiger partial charge in [0.1, 0.15) is 5.75 Å². The molecule has 2 atom stereocenters. The van der Waals surface area contributed by atoms with E-state index < -0.39 is 0 Å². The quantitative estimate of drug-likeness (QED) is 0.198. The van der Waals surface area contributed by atoms with E-state index in [-0.39, 0.29) is 11.7 Å². The first-order valence-electron chi connectivity index (χ1n) is 14.0. The molecule has 0 aliphatic carbocycles. The van der Waals surface area contributed by atoms with Crippen molar-refractivity contribution in [3.63, 3.8) is 0 Å². The van der Waals surface area contributed by atoms with Gasteiger partial charge in [-0.05, 0) is 67.7 Å². The molecule has 2 aromatic rings. The molecular weight excluding hydrogens is 432 g/mol. The van der Waals surface area contributed by atoms with Crippen LogP contribution in [0.4, 0.5) is 0 Å². The summed E-state index contributed by atoms with van der Waals surface area (Å²) in [6, 6.07) is 5.32. The van der Waals surface area contributed by atoms with Crippen LogP contribution in [0.2, 0.25) is 0 Å². The molecule has 2 unspecified atom stereocenters. The third-order valence-corrected chi connectivity index (χ3v) is 7.24. The van der Waals surface area contributed by atoms with Crippen LogP contribution in [0, 0.1) is 17.8 Å². The second kappa shape index (κ2) is 15.7. The molecule has 1 heterocycles. The second-order valence-electron chi connectivity index (χ2n) is 11.3. The number of allylic oxidation sites excluding steroid dienone is 1. The number of aromatic nitrogens is 1. The third kappa shape index (κ3) is 11.8. The van der Waals surface area contributed by atoms with Crippen LogP contribution in [-0.2, 0) is 11.2 Å². The summed E-state index contributed by atoms with van der Waals surface area (Å²) in [7, 11) is 0. The van der Waals surface area contributed by atoms with Crippen LogP contribution >= 0.6 is 0 Å². The maximum absolute atomic E-state index is 12.2. The van der Waals surface area contributed by atoms with E-state index in [0.717, 1.165) is 47.1 Å². The topological polar surface area (TPSA) is 65.1 Å². The number of amides is 1.